The van der Waals surface area contributed by atoms with Crippen LogP contribution < -0.4 is 10.6 Å². The minimum Gasteiger partial charge on any atom is -0.331 e. The first-order chi connectivity index (χ1) is 6.77. The molecule has 1 fully saturated rings. The highest BCUT2D eigenvalue weighted by Crippen LogP contribution is 2.17. The third-order valence-electron chi connectivity index (χ3n) is 2.59. The fourth-order valence-electron chi connectivity index (χ4n) is 1.70. The Kier molecular flexibility index (Phi) is 2.49. The van der Waals surface area contributed by atoms with Crippen LogP contribution in [0, 0.1) is 11.8 Å². The van der Waals surface area contributed by atoms with Gasteiger partial charge in [0, 0.05) is 18.9 Å². The number of H-pyrrole nitrogens is 1. The number of imidazole rings is 1. The van der Waals surface area contributed by atoms with E-state index < -0.39 is 0 Å². The van der Waals surface area contributed by atoms with Gasteiger partial charge in [0.05, 0.1) is 5.92 Å². The smallest absolute Gasteiger partial charge is 0.231 e. The number of carbonyl (C=O) groups is 1. The van der Waals surface area contributed by atoms with Gasteiger partial charge in [-0.3, -0.25) is 10.1 Å². The summed E-state index contributed by atoms with van der Waals surface area (Å²) in [4.78, 5) is 18.5. The molecule has 0 unspecified atom stereocenters. The maximum atomic E-state index is 11.7. The second-order valence-electron chi connectivity index (χ2n) is 3.67. The molecule has 14 heavy (non-hydrogen) atoms. The summed E-state index contributed by atoms with van der Waals surface area (Å²) in [6.07, 6.45) is 3.30. The van der Waals surface area contributed by atoms with Crippen molar-refractivity contribution in [2.45, 2.75) is 6.92 Å². The molecule has 0 bridgehead atoms. The standard InChI is InChI=1S/C9H14N4O/c1-6-4-10-5-7(6)8(14)13-9-11-2-3-12-9/h2-3,6-7,10H,4-5H2,1H3,(H2,11,12,13,14)/t6-,7-/m1/s1. The van der Waals surface area contributed by atoms with Gasteiger partial charge in [-0.25, -0.2) is 4.98 Å². The Morgan fingerprint density at radius 3 is 3.07 bits per heavy atom. The van der Waals surface area contributed by atoms with Crippen molar-refractivity contribution in [3.63, 3.8) is 0 Å². The van der Waals surface area contributed by atoms with Crippen LogP contribution in [-0.2, 0) is 4.79 Å². The van der Waals surface area contributed by atoms with E-state index in [9.17, 15) is 4.79 Å². The van der Waals surface area contributed by atoms with Crippen LogP contribution in [-0.4, -0.2) is 29.0 Å². The van der Waals surface area contributed by atoms with Crippen molar-refractivity contribution in [1.82, 2.24) is 15.3 Å². The summed E-state index contributed by atoms with van der Waals surface area (Å²) in [5, 5.41) is 5.94. The minimum absolute atomic E-state index is 0.0393. The molecule has 0 spiro atoms. The van der Waals surface area contributed by atoms with Gasteiger partial charge in [-0.15, -0.1) is 0 Å². The van der Waals surface area contributed by atoms with Gasteiger partial charge < -0.3 is 10.3 Å². The van der Waals surface area contributed by atoms with E-state index in [4.69, 9.17) is 0 Å². The quantitative estimate of drug-likeness (QED) is 0.630. The summed E-state index contributed by atoms with van der Waals surface area (Å²) in [6.45, 7) is 3.75. The first-order valence-corrected chi connectivity index (χ1v) is 4.78. The number of carbonyl (C=O) groups excluding carboxylic acids is 1. The van der Waals surface area contributed by atoms with E-state index in [0.29, 0.717) is 11.9 Å². The van der Waals surface area contributed by atoms with Crippen LogP contribution in [0.15, 0.2) is 12.4 Å². The van der Waals surface area contributed by atoms with Crippen LogP contribution in [0.4, 0.5) is 5.95 Å². The Labute approximate surface area is 82.3 Å². The fourth-order valence-corrected chi connectivity index (χ4v) is 1.70. The summed E-state index contributed by atoms with van der Waals surface area (Å²) in [5.74, 6) is 1.01. The number of amides is 1. The van der Waals surface area contributed by atoms with Crippen molar-refractivity contribution < 1.29 is 4.79 Å². The number of nitrogens with one attached hydrogen (secondary N) is 3. The Hall–Kier alpha value is -1.36. The zero-order chi connectivity index (χ0) is 9.97. The highest BCUT2D eigenvalue weighted by Gasteiger charge is 2.29. The fraction of sp³-hybridized carbons (Fsp3) is 0.556. The molecule has 0 aliphatic carbocycles. The van der Waals surface area contributed by atoms with Crippen molar-refractivity contribution in [1.29, 1.82) is 0 Å². The van der Waals surface area contributed by atoms with Crippen molar-refractivity contribution in [2.24, 2.45) is 11.8 Å². The molecule has 3 N–H and O–H groups in total. The van der Waals surface area contributed by atoms with Crippen molar-refractivity contribution in [2.75, 3.05) is 18.4 Å². The largest absolute Gasteiger partial charge is 0.331 e. The number of nitrogens with zero attached hydrogens (tertiary/aromatic N) is 1. The molecule has 5 heteroatoms. The summed E-state index contributed by atoms with van der Waals surface area (Å²) >= 11 is 0. The third-order valence-corrected chi connectivity index (χ3v) is 2.59. The SMILES string of the molecule is C[C@@H]1CNC[C@H]1C(=O)Nc1ncc[nH]1. The zero-order valence-electron chi connectivity index (χ0n) is 8.08. The number of hydrogen-bond acceptors (Lipinski definition) is 3. The van der Waals surface area contributed by atoms with Gasteiger partial charge >= 0.3 is 0 Å². The molecule has 5 nitrogen and oxygen atoms in total. The zero-order valence-corrected chi connectivity index (χ0v) is 8.08. The lowest BCUT2D eigenvalue weighted by atomic mass is 9.97. The number of anilines is 1. The second kappa shape index (κ2) is 3.79. The summed E-state index contributed by atoms with van der Waals surface area (Å²) < 4.78 is 0. The van der Waals surface area contributed by atoms with Gasteiger partial charge in [0.1, 0.15) is 0 Å². The molecular weight excluding hydrogens is 180 g/mol. The first kappa shape index (κ1) is 9.21. The average molecular weight is 194 g/mol. The van der Waals surface area contributed by atoms with Gasteiger partial charge in [-0.2, -0.15) is 0 Å². The molecule has 1 aliphatic rings. The maximum absolute atomic E-state index is 11.7. The number of hydrogen-bond donors (Lipinski definition) is 3. The molecule has 0 radical (unpaired) electrons. The van der Waals surface area contributed by atoms with Crippen LogP contribution in [0.25, 0.3) is 0 Å². The van der Waals surface area contributed by atoms with Crippen molar-refractivity contribution in [3.8, 4) is 0 Å². The number of rotatable bonds is 2. The number of aromatic nitrogens is 2. The molecule has 0 aromatic carbocycles. The minimum atomic E-state index is 0.0393. The van der Waals surface area contributed by atoms with E-state index in [1.807, 2.05) is 0 Å². The first-order valence-electron chi connectivity index (χ1n) is 4.78. The van der Waals surface area contributed by atoms with Crippen LogP contribution in [0.3, 0.4) is 0 Å². The lowest BCUT2D eigenvalue weighted by Crippen LogP contribution is -2.28. The third kappa shape index (κ3) is 1.77. The summed E-state index contributed by atoms with van der Waals surface area (Å²) in [7, 11) is 0. The highest BCUT2D eigenvalue weighted by molar-refractivity contribution is 5.91. The Bertz CT molecular complexity index is 309. The van der Waals surface area contributed by atoms with Gasteiger partial charge in [0.2, 0.25) is 11.9 Å². The second-order valence-corrected chi connectivity index (χ2v) is 3.67. The van der Waals surface area contributed by atoms with E-state index in [0.717, 1.165) is 13.1 Å². The lowest BCUT2D eigenvalue weighted by molar-refractivity contribution is -0.120. The van der Waals surface area contributed by atoms with Crippen molar-refractivity contribution >= 4 is 11.9 Å². The van der Waals surface area contributed by atoms with Crippen LogP contribution in [0.5, 0.6) is 0 Å². The normalized spacial score (nSPS) is 26.4. The molecule has 1 aromatic heterocycles. The molecule has 2 rings (SSSR count). The molecular formula is C9H14N4O. The highest BCUT2D eigenvalue weighted by atomic mass is 16.2. The lowest BCUT2D eigenvalue weighted by Gasteiger charge is -2.12. The predicted octanol–water partition coefficient (Wildman–Crippen LogP) is 0.204. The van der Waals surface area contributed by atoms with E-state index in [1.54, 1.807) is 12.4 Å². The summed E-state index contributed by atoms with van der Waals surface area (Å²) in [6, 6.07) is 0. The summed E-state index contributed by atoms with van der Waals surface area (Å²) in [5.41, 5.74) is 0. The molecule has 0 saturated carbocycles. The maximum Gasteiger partial charge on any atom is 0.231 e. The topological polar surface area (TPSA) is 69.8 Å². The van der Waals surface area contributed by atoms with Gasteiger partial charge in [-0.1, -0.05) is 6.92 Å². The Balaban J connectivity index is 1.95. The van der Waals surface area contributed by atoms with Crippen LogP contribution in [0.1, 0.15) is 6.92 Å². The monoisotopic (exact) mass is 194 g/mol. The van der Waals surface area contributed by atoms with E-state index in [2.05, 4.69) is 27.5 Å². The van der Waals surface area contributed by atoms with Crippen LogP contribution in [0.2, 0.25) is 0 Å². The van der Waals surface area contributed by atoms with Gasteiger partial charge in [-0.05, 0) is 12.5 Å². The van der Waals surface area contributed by atoms with Crippen LogP contribution >= 0.6 is 0 Å². The van der Waals surface area contributed by atoms with Gasteiger partial charge in [0.25, 0.3) is 0 Å². The Morgan fingerprint density at radius 2 is 2.50 bits per heavy atom. The van der Waals surface area contributed by atoms with E-state index >= 15 is 0 Å². The molecule has 1 aliphatic heterocycles. The number of aromatic amines is 1. The molecule has 1 amide bonds. The molecule has 76 valence electrons. The van der Waals surface area contributed by atoms with Gasteiger partial charge in [0.15, 0.2) is 0 Å². The Morgan fingerprint density at radius 1 is 1.64 bits per heavy atom. The van der Waals surface area contributed by atoms with E-state index in [1.165, 1.54) is 0 Å². The van der Waals surface area contributed by atoms with Crippen molar-refractivity contribution in [3.05, 3.63) is 12.4 Å². The molecule has 2 heterocycles. The predicted molar refractivity (Wildman–Crippen MR) is 52.7 cm³/mol. The average Bonchev–Trinajstić information content (AvgIpc) is 2.75. The molecule has 2 atom stereocenters. The molecule has 1 saturated heterocycles. The van der Waals surface area contributed by atoms with E-state index in [-0.39, 0.29) is 11.8 Å². The molecule has 1 aromatic rings.